The van der Waals surface area contributed by atoms with Gasteiger partial charge in [-0.15, -0.1) is 0 Å². The van der Waals surface area contributed by atoms with Crippen LogP contribution in [0.2, 0.25) is 0 Å². The Kier molecular flexibility index (Phi) is 5.91. The molecule has 0 aliphatic heterocycles. The number of aryl methyl sites for hydroxylation is 1. The third kappa shape index (κ3) is 4.66. The number of hydrogen-bond donors (Lipinski definition) is 1. The fraction of sp³-hybridized carbons (Fsp3) is 0.130. The molecule has 0 saturated heterocycles. The van der Waals surface area contributed by atoms with Crippen molar-refractivity contribution in [1.29, 1.82) is 0 Å². The molecular formula is C23H21BrN4O. The van der Waals surface area contributed by atoms with E-state index < -0.39 is 0 Å². The van der Waals surface area contributed by atoms with Gasteiger partial charge in [-0.05, 0) is 54.4 Å². The number of anilines is 1. The first-order chi connectivity index (χ1) is 14.2. The van der Waals surface area contributed by atoms with Crippen LogP contribution in [0, 0.1) is 0 Å². The van der Waals surface area contributed by atoms with Gasteiger partial charge in [0.05, 0.1) is 17.2 Å². The molecule has 0 amide bonds. The maximum atomic E-state index is 5.90. The lowest BCUT2D eigenvalue weighted by atomic mass is 10.2. The Hall–Kier alpha value is -3.12. The van der Waals surface area contributed by atoms with Gasteiger partial charge in [0, 0.05) is 11.0 Å². The largest absolute Gasteiger partial charge is 0.489 e. The van der Waals surface area contributed by atoms with Crippen molar-refractivity contribution in [1.82, 2.24) is 9.55 Å². The topological polar surface area (TPSA) is 51.4 Å². The normalized spacial score (nSPS) is 11.2. The molecule has 29 heavy (non-hydrogen) atoms. The number of benzene rings is 3. The van der Waals surface area contributed by atoms with Gasteiger partial charge in [0.1, 0.15) is 12.4 Å². The highest BCUT2D eigenvalue weighted by Crippen LogP contribution is 2.19. The third-order valence-corrected chi connectivity index (χ3v) is 5.05. The Morgan fingerprint density at radius 2 is 1.90 bits per heavy atom. The summed E-state index contributed by atoms with van der Waals surface area (Å²) < 4.78 is 9.06. The highest BCUT2D eigenvalue weighted by Gasteiger charge is 2.07. The number of para-hydroxylation sites is 2. The van der Waals surface area contributed by atoms with Crippen LogP contribution in [0.25, 0.3) is 11.0 Å². The molecule has 1 aromatic heterocycles. The number of rotatable bonds is 7. The minimum atomic E-state index is 0.520. The molecule has 0 aliphatic carbocycles. The van der Waals surface area contributed by atoms with Crippen molar-refractivity contribution in [3.63, 3.8) is 0 Å². The van der Waals surface area contributed by atoms with Crippen molar-refractivity contribution >= 4 is 39.1 Å². The van der Waals surface area contributed by atoms with Crippen molar-refractivity contribution in [3.8, 4) is 5.75 Å². The smallest absolute Gasteiger partial charge is 0.224 e. The van der Waals surface area contributed by atoms with Gasteiger partial charge in [-0.3, -0.25) is 0 Å². The summed E-state index contributed by atoms with van der Waals surface area (Å²) in [4.78, 5) is 4.61. The fourth-order valence-corrected chi connectivity index (χ4v) is 3.34. The Balaban J connectivity index is 1.42. The number of imidazole rings is 1. The van der Waals surface area contributed by atoms with Crippen molar-refractivity contribution in [2.45, 2.75) is 20.1 Å². The minimum absolute atomic E-state index is 0.520. The Morgan fingerprint density at radius 1 is 1.07 bits per heavy atom. The molecule has 0 aliphatic rings. The minimum Gasteiger partial charge on any atom is -0.489 e. The molecule has 1 N–H and O–H groups in total. The molecule has 4 aromatic rings. The number of nitrogens with one attached hydrogen (secondary N) is 1. The first-order valence-corrected chi connectivity index (χ1v) is 10.2. The maximum absolute atomic E-state index is 5.90. The van der Waals surface area contributed by atoms with E-state index in [1.165, 1.54) is 0 Å². The third-order valence-electron chi connectivity index (χ3n) is 4.53. The van der Waals surface area contributed by atoms with E-state index in [9.17, 15) is 0 Å². The quantitative estimate of drug-likeness (QED) is 0.285. The van der Waals surface area contributed by atoms with Gasteiger partial charge in [-0.1, -0.05) is 52.3 Å². The molecule has 6 heteroatoms. The number of aromatic nitrogens is 2. The van der Waals surface area contributed by atoms with Gasteiger partial charge in [-0.2, -0.15) is 5.10 Å². The highest BCUT2D eigenvalue weighted by molar-refractivity contribution is 9.10. The van der Waals surface area contributed by atoms with Crippen LogP contribution in [0.15, 0.2) is 82.4 Å². The molecule has 0 bridgehead atoms. The molecule has 146 valence electrons. The second kappa shape index (κ2) is 8.92. The average molecular weight is 449 g/mol. The summed E-state index contributed by atoms with van der Waals surface area (Å²) in [6, 6.07) is 24.0. The van der Waals surface area contributed by atoms with E-state index in [1.54, 1.807) is 6.21 Å². The molecule has 0 saturated carbocycles. The fourth-order valence-electron chi connectivity index (χ4n) is 3.08. The van der Waals surface area contributed by atoms with Gasteiger partial charge in [-0.25, -0.2) is 10.4 Å². The summed E-state index contributed by atoms with van der Waals surface area (Å²) in [7, 11) is 0. The van der Waals surface area contributed by atoms with Crippen LogP contribution in [-0.4, -0.2) is 15.8 Å². The highest BCUT2D eigenvalue weighted by atomic mass is 79.9. The number of fused-ring (bicyclic) bond motifs is 1. The zero-order chi connectivity index (χ0) is 20.1. The summed E-state index contributed by atoms with van der Waals surface area (Å²) in [5, 5.41) is 4.37. The molecule has 0 atom stereocenters. The van der Waals surface area contributed by atoms with E-state index in [2.05, 4.69) is 49.0 Å². The monoisotopic (exact) mass is 448 g/mol. The van der Waals surface area contributed by atoms with Crippen molar-refractivity contribution in [2.75, 3.05) is 5.43 Å². The number of ether oxygens (including phenoxy) is 1. The first-order valence-electron chi connectivity index (χ1n) is 9.44. The van der Waals surface area contributed by atoms with Crippen LogP contribution in [-0.2, 0) is 13.2 Å². The Bertz CT molecular complexity index is 1140. The number of nitrogens with zero attached hydrogens (tertiary/aromatic N) is 3. The van der Waals surface area contributed by atoms with E-state index in [-0.39, 0.29) is 0 Å². The Morgan fingerprint density at radius 3 is 2.72 bits per heavy atom. The van der Waals surface area contributed by atoms with E-state index in [0.717, 1.165) is 44.9 Å². The summed E-state index contributed by atoms with van der Waals surface area (Å²) in [6.45, 7) is 3.43. The van der Waals surface area contributed by atoms with Gasteiger partial charge in [0.15, 0.2) is 0 Å². The summed E-state index contributed by atoms with van der Waals surface area (Å²) >= 11 is 3.44. The zero-order valence-electron chi connectivity index (χ0n) is 16.0. The lowest BCUT2D eigenvalue weighted by Gasteiger charge is -2.07. The summed E-state index contributed by atoms with van der Waals surface area (Å²) in [6.07, 6.45) is 1.77. The molecule has 0 unspecified atom stereocenters. The van der Waals surface area contributed by atoms with Crippen LogP contribution in [0.5, 0.6) is 5.75 Å². The molecule has 0 radical (unpaired) electrons. The average Bonchev–Trinajstić information content (AvgIpc) is 3.11. The van der Waals surface area contributed by atoms with Crippen LogP contribution in [0.4, 0.5) is 5.95 Å². The second-order valence-electron chi connectivity index (χ2n) is 6.53. The standard InChI is InChI=1S/C23H21BrN4O/c1-2-28-22-9-4-3-8-21(22)26-23(28)27-25-15-18-6-5-7-20(14-18)29-16-17-10-12-19(24)13-11-17/h3-15H,2,16H2,1H3,(H,26,27)/b25-15-. The van der Waals surface area contributed by atoms with Gasteiger partial charge in [0.2, 0.25) is 5.95 Å². The predicted molar refractivity (Wildman–Crippen MR) is 122 cm³/mol. The predicted octanol–water partition coefficient (Wildman–Crippen LogP) is 5.84. The van der Waals surface area contributed by atoms with E-state index >= 15 is 0 Å². The van der Waals surface area contributed by atoms with Gasteiger partial charge < -0.3 is 9.30 Å². The lowest BCUT2D eigenvalue weighted by Crippen LogP contribution is -2.02. The maximum Gasteiger partial charge on any atom is 0.224 e. The van der Waals surface area contributed by atoms with Crippen LogP contribution >= 0.6 is 15.9 Å². The molecular weight excluding hydrogens is 428 g/mol. The van der Waals surface area contributed by atoms with Crippen molar-refractivity contribution < 1.29 is 4.74 Å². The molecule has 5 nitrogen and oxygen atoms in total. The van der Waals surface area contributed by atoms with Gasteiger partial charge >= 0.3 is 0 Å². The van der Waals surface area contributed by atoms with Crippen LogP contribution in [0.3, 0.4) is 0 Å². The molecule has 0 spiro atoms. The number of hydrazone groups is 1. The van der Waals surface area contributed by atoms with E-state index in [4.69, 9.17) is 4.74 Å². The zero-order valence-corrected chi connectivity index (χ0v) is 17.6. The molecule has 1 heterocycles. The lowest BCUT2D eigenvalue weighted by molar-refractivity contribution is 0.306. The van der Waals surface area contributed by atoms with E-state index in [0.29, 0.717) is 6.61 Å². The van der Waals surface area contributed by atoms with Crippen LogP contribution in [0.1, 0.15) is 18.1 Å². The molecule has 4 rings (SSSR count). The van der Waals surface area contributed by atoms with Crippen molar-refractivity contribution in [3.05, 3.63) is 88.4 Å². The SMILES string of the molecule is CCn1c(N/N=C\c2cccc(OCc3ccc(Br)cc3)c2)nc2ccccc21. The molecule has 0 fully saturated rings. The van der Waals surface area contributed by atoms with E-state index in [1.807, 2.05) is 66.7 Å². The summed E-state index contributed by atoms with van der Waals surface area (Å²) in [5.74, 6) is 1.53. The van der Waals surface area contributed by atoms with Crippen LogP contribution < -0.4 is 10.2 Å². The number of halogens is 1. The Labute approximate surface area is 178 Å². The van der Waals surface area contributed by atoms with Crippen molar-refractivity contribution in [2.24, 2.45) is 5.10 Å². The summed E-state index contributed by atoms with van der Waals surface area (Å²) in [5.41, 5.74) is 7.18. The second-order valence-corrected chi connectivity index (χ2v) is 7.44. The van der Waals surface area contributed by atoms with Gasteiger partial charge in [0.25, 0.3) is 0 Å². The number of hydrogen-bond acceptors (Lipinski definition) is 4. The first kappa shape index (κ1) is 19.2. The molecule has 3 aromatic carbocycles.